The molecule has 11 heteroatoms. The molecule has 33 heavy (non-hydrogen) atoms. The van der Waals surface area contributed by atoms with Crippen molar-refractivity contribution >= 4 is 27.9 Å². The van der Waals surface area contributed by atoms with Crippen LogP contribution < -0.4 is 16.2 Å². The molecule has 4 rings (SSSR count). The average molecular weight is 478 g/mol. The molecule has 1 aliphatic heterocycles. The lowest BCUT2D eigenvalue weighted by molar-refractivity contribution is -0.105. The molecule has 0 spiro atoms. The van der Waals surface area contributed by atoms with Crippen LogP contribution in [0.3, 0.4) is 0 Å². The van der Waals surface area contributed by atoms with Gasteiger partial charge in [0.15, 0.2) is 0 Å². The molecule has 2 aliphatic carbocycles. The smallest absolute Gasteiger partial charge is 0.229 e. The number of carbonyl (C=O) groups is 1. The van der Waals surface area contributed by atoms with Crippen LogP contribution in [0, 0.1) is 6.92 Å². The molecule has 1 fully saturated rings. The van der Waals surface area contributed by atoms with Gasteiger partial charge in [-0.2, -0.15) is 0 Å². The molecule has 2 atom stereocenters. The summed E-state index contributed by atoms with van der Waals surface area (Å²) in [7, 11) is 2.26. The van der Waals surface area contributed by atoms with Crippen molar-refractivity contribution in [1.82, 2.24) is 9.88 Å². The Morgan fingerprint density at radius 1 is 1.33 bits per heavy atom. The molecule has 3 aliphatic rings. The number of anilines is 1. The number of nitrogens with two attached hydrogens (primary N) is 2. The van der Waals surface area contributed by atoms with Crippen molar-refractivity contribution in [3.8, 4) is 0 Å². The Balaban J connectivity index is 0.000000186. The van der Waals surface area contributed by atoms with Gasteiger partial charge in [0, 0.05) is 30.6 Å². The van der Waals surface area contributed by atoms with E-state index < -0.39 is 9.92 Å². The summed E-state index contributed by atoms with van der Waals surface area (Å²) in [6.45, 7) is 3.10. The number of nitrogens with one attached hydrogen (secondary N) is 1. The molecule has 10 nitrogen and oxygen atoms in total. The number of nitrogens with zero attached hydrogens (tertiary/aromatic N) is 4. The third-order valence-electron chi connectivity index (χ3n) is 6.21. The summed E-state index contributed by atoms with van der Waals surface area (Å²) in [5.41, 5.74) is 11.4. The Bertz CT molecular complexity index is 1070. The third kappa shape index (κ3) is 5.71. The minimum Gasteiger partial charge on any atom is -0.475 e. The summed E-state index contributed by atoms with van der Waals surface area (Å²) in [6.07, 6.45) is 7.75. The van der Waals surface area contributed by atoms with E-state index in [2.05, 4.69) is 21.6 Å². The van der Waals surface area contributed by atoms with E-state index >= 15 is 0 Å². The van der Waals surface area contributed by atoms with Gasteiger partial charge in [0.1, 0.15) is 21.4 Å². The second-order valence-electron chi connectivity index (χ2n) is 8.67. The number of likely N-dealkylation sites (N-methyl/N-ethyl adjacent to an activating group) is 1. The van der Waals surface area contributed by atoms with Crippen LogP contribution in [0.5, 0.6) is 0 Å². The van der Waals surface area contributed by atoms with Crippen molar-refractivity contribution in [3.05, 3.63) is 33.6 Å². The molecular formula is C22H35N7O3S. The Hall–Kier alpha value is -2.50. The molecular weight excluding hydrogens is 442 g/mol. The fourth-order valence-corrected chi connectivity index (χ4v) is 4.79. The van der Waals surface area contributed by atoms with E-state index in [9.17, 15) is 9.00 Å². The highest BCUT2D eigenvalue weighted by molar-refractivity contribution is 7.96. The van der Waals surface area contributed by atoms with Gasteiger partial charge in [0.05, 0.1) is 18.3 Å². The van der Waals surface area contributed by atoms with Crippen LogP contribution in [-0.4, -0.2) is 66.7 Å². The van der Waals surface area contributed by atoms with E-state index in [0.29, 0.717) is 19.1 Å². The van der Waals surface area contributed by atoms with Crippen LogP contribution in [0.15, 0.2) is 20.5 Å². The predicted molar refractivity (Wildman–Crippen MR) is 131 cm³/mol. The van der Waals surface area contributed by atoms with Crippen molar-refractivity contribution in [1.29, 1.82) is 0 Å². The molecule has 182 valence electrons. The quantitative estimate of drug-likeness (QED) is 0.528. The Kier molecular flexibility index (Phi) is 8.09. The molecule has 1 amide bonds. The van der Waals surface area contributed by atoms with E-state index in [4.69, 9.17) is 20.6 Å². The van der Waals surface area contributed by atoms with Crippen molar-refractivity contribution in [3.63, 3.8) is 0 Å². The maximum atomic E-state index is 11.9. The predicted octanol–water partition coefficient (Wildman–Crippen LogP) is 1.44. The molecule has 1 saturated carbocycles. The number of hydrogen-bond acceptors (Lipinski definition) is 8. The lowest BCUT2D eigenvalue weighted by Gasteiger charge is -2.27. The number of carbonyl (C=O) groups excluding carboxylic acids is 1. The summed E-state index contributed by atoms with van der Waals surface area (Å²) in [4.78, 5) is 21.9. The van der Waals surface area contributed by atoms with Gasteiger partial charge < -0.3 is 20.7 Å². The van der Waals surface area contributed by atoms with Gasteiger partial charge >= 0.3 is 0 Å². The molecule has 1 aromatic rings. The maximum absolute atomic E-state index is 11.9. The summed E-state index contributed by atoms with van der Waals surface area (Å²) in [5, 5.41) is 8.42. The maximum Gasteiger partial charge on any atom is 0.229 e. The van der Waals surface area contributed by atoms with E-state index in [1.165, 1.54) is 48.8 Å². The first kappa shape index (κ1) is 25.1. The number of amides is 1. The molecule has 1 aromatic heterocycles. The summed E-state index contributed by atoms with van der Waals surface area (Å²) < 4.78 is 20.9. The normalized spacial score (nSPS) is 21.7. The van der Waals surface area contributed by atoms with E-state index in [1.54, 1.807) is 0 Å². The van der Waals surface area contributed by atoms with Crippen LogP contribution >= 0.6 is 0 Å². The van der Waals surface area contributed by atoms with Gasteiger partial charge in [0.25, 0.3) is 0 Å². The monoisotopic (exact) mass is 477 g/mol. The number of fused-ring (bicyclic) bond motifs is 1. The second kappa shape index (κ2) is 10.6. The largest absolute Gasteiger partial charge is 0.475 e. The van der Waals surface area contributed by atoms with Gasteiger partial charge in [-0.25, -0.2) is 18.7 Å². The highest BCUT2D eigenvalue weighted by Crippen LogP contribution is 2.44. The number of aliphatic imine (C=N–C) groups is 1. The van der Waals surface area contributed by atoms with E-state index in [-0.39, 0.29) is 16.8 Å². The third-order valence-corrected chi connectivity index (χ3v) is 7.69. The SMILES string of the molecule is CN=S(N)(=O)/C(=C/N)C1=NCC(N(C)C)CO1.Cc1c(C2CC2)nc2c(c1NC=O)CCC2. The van der Waals surface area contributed by atoms with Crippen molar-refractivity contribution < 1.29 is 13.7 Å². The lowest BCUT2D eigenvalue weighted by Crippen LogP contribution is -2.40. The summed E-state index contributed by atoms with van der Waals surface area (Å²) in [5.74, 6) is 0.877. The van der Waals surface area contributed by atoms with Crippen LogP contribution in [0.25, 0.3) is 0 Å². The molecule has 5 N–H and O–H groups in total. The number of ether oxygens (including phenoxy) is 1. The number of aromatic nitrogens is 1. The standard InChI is InChI=1S/C13H16N2O.C9H19N5O2S/c1-8-12(9-5-6-9)15-11-4-2-3-10(11)13(8)14-7-16;1-12-17(11,15)8(4-10)9-13-5-7(6-16-9)14(2)3/h7,9H,2-6H2,1H3,(H,14,15,16);4,7H,5-6,10H2,1-3H3,(H2,11,12,15)/b;8-4+. The minimum atomic E-state index is -3.01. The zero-order valence-electron chi connectivity index (χ0n) is 19.8. The first-order valence-electron chi connectivity index (χ1n) is 11.1. The number of rotatable bonds is 6. The van der Waals surface area contributed by atoms with Gasteiger partial charge in [0.2, 0.25) is 12.3 Å². The molecule has 0 bridgehead atoms. The first-order chi connectivity index (χ1) is 15.7. The fraction of sp³-hybridized carbons (Fsp3) is 0.591. The van der Waals surface area contributed by atoms with Crippen LogP contribution in [0.4, 0.5) is 5.69 Å². The van der Waals surface area contributed by atoms with Crippen molar-refractivity contribution in [2.24, 2.45) is 20.2 Å². The van der Waals surface area contributed by atoms with E-state index in [1.807, 2.05) is 19.0 Å². The average Bonchev–Trinajstić information content (AvgIpc) is 3.53. The number of pyridine rings is 1. The summed E-state index contributed by atoms with van der Waals surface area (Å²) in [6, 6.07) is 0.199. The molecule has 0 saturated heterocycles. The zero-order valence-corrected chi connectivity index (χ0v) is 20.7. The van der Waals surface area contributed by atoms with Gasteiger partial charge in [-0.05, 0) is 64.3 Å². The van der Waals surface area contributed by atoms with Crippen LogP contribution in [-0.2, 0) is 32.3 Å². The molecule has 0 aromatic carbocycles. The molecule has 0 radical (unpaired) electrons. The minimum absolute atomic E-state index is 0.150. The highest BCUT2D eigenvalue weighted by atomic mass is 32.2. The zero-order chi connectivity index (χ0) is 24.2. The Morgan fingerprint density at radius 3 is 2.58 bits per heavy atom. The molecule has 2 unspecified atom stereocenters. The second-order valence-corrected chi connectivity index (χ2v) is 10.6. The van der Waals surface area contributed by atoms with Gasteiger partial charge in [-0.3, -0.25) is 9.78 Å². The van der Waals surface area contributed by atoms with Crippen molar-refractivity contribution in [2.45, 2.75) is 51.0 Å². The Morgan fingerprint density at radius 2 is 2.06 bits per heavy atom. The number of aryl methyl sites for hydroxylation is 1. The van der Waals surface area contributed by atoms with Gasteiger partial charge in [-0.1, -0.05) is 0 Å². The number of hydrogen-bond donors (Lipinski definition) is 3. The van der Waals surface area contributed by atoms with Crippen LogP contribution in [0.1, 0.15) is 47.7 Å². The van der Waals surface area contributed by atoms with E-state index in [0.717, 1.165) is 31.1 Å². The fourth-order valence-electron chi connectivity index (χ4n) is 4.03. The van der Waals surface area contributed by atoms with Crippen molar-refractivity contribution in [2.75, 3.05) is 39.6 Å². The first-order valence-corrected chi connectivity index (χ1v) is 12.7. The Labute approximate surface area is 196 Å². The molecule has 2 heterocycles. The van der Waals surface area contributed by atoms with Gasteiger partial charge in [-0.15, -0.1) is 0 Å². The highest BCUT2D eigenvalue weighted by Gasteiger charge is 2.30. The lowest BCUT2D eigenvalue weighted by atomic mass is 10.0. The topological polar surface area (TPSA) is 148 Å². The summed E-state index contributed by atoms with van der Waals surface area (Å²) >= 11 is 0. The van der Waals surface area contributed by atoms with Crippen LogP contribution in [0.2, 0.25) is 0 Å².